The van der Waals surface area contributed by atoms with Crippen LogP contribution in [0.1, 0.15) is 16.7 Å². The van der Waals surface area contributed by atoms with E-state index in [1.807, 2.05) is 12.1 Å². The van der Waals surface area contributed by atoms with Gasteiger partial charge in [0.05, 0.1) is 5.56 Å². The highest BCUT2D eigenvalue weighted by atomic mass is 35.5. The van der Waals surface area contributed by atoms with Gasteiger partial charge in [0.15, 0.2) is 0 Å². The third kappa shape index (κ3) is 2.17. The number of aromatic nitrogens is 1. The van der Waals surface area contributed by atoms with Gasteiger partial charge in [-0.3, -0.25) is 0 Å². The molecule has 0 spiro atoms. The van der Waals surface area contributed by atoms with Crippen LogP contribution in [0.4, 0.5) is 11.5 Å². The van der Waals surface area contributed by atoms with Crippen LogP contribution in [-0.2, 0) is 13.0 Å². The Kier molecular flexibility index (Phi) is 3.21. The molecule has 0 amide bonds. The lowest BCUT2D eigenvalue weighted by Crippen LogP contribution is -2.31. The summed E-state index contributed by atoms with van der Waals surface area (Å²) in [6.45, 7) is 1.54. The van der Waals surface area contributed by atoms with Crippen LogP contribution in [0.15, 0.2) is 30.5 Å². The number of nitrogen functional groups attached to an aromatic ring is 1. The molecule has 5 heteroatoms. The monoisotopic (exact) mass is 284 g/mol. The third-order valence-electron chi connectivity index (χ3n) is 3.53. The molecule has 3 rings (SSSR count). The fourth-order valence-corrected chi connectivity index (χ4v) is 2.77. The molecule has 0 saturated heterocycles. The SMILES string of the molecule is N#Cc1ccnc(N2CCc3ccc(N)cc3C2)c1Cl. The van der Waals surface area contributed by atoms with Crippen LogP contribution in [0.25, 0.3) is 0 Å². The molecule has 1 aliphatic rings. The Labute approximate surface area is 122 Å². The second-order valence-corrected chi connectivity index (χ2v) is 5.19. The number of hydrogen-bond acceptors (Lipinski definition) is 4. The first kappa shape index (κ1) is 12.8. The van der Waals surface area contributed by atoms with Crippen molar-refractivity contribution in [2.45, 2.75) is 13.0 Å². The fourth-order valence-electron chi connectivity index (χ4n) is 2.50. The maximum absolute atomic E-state index is 9.04. The molecule has 2 N–H and O–H groups in total. The summed E-state index contributed by atoms with van der Waals surface area (Å²) in [5, 5.41) is 9.46. The van der Waals surface area contributed by atoms with E-state index in [1.165, 1.54) is 11.1 Å². The van der Waals surface area contributed by atoms with E-state index in [-0.39, 0.29) is 0 Å². The Morgan fingerprint density at radius 3 is 2.95 bits per heavy atom. The first-order valence-corrected chi connectivity index (χ1v) is 6.73. The zero-order valence-electron chi connectivity index (χ0n) is 10.8. The molecule has 1 aromatic heterocycles. The highest BCUT2D eigenvalue weighted by Gasteiger charge is 2.20. The van der Waals surface area contributed by atoms with Crippen LogP contribution in [-0.4, -0.2) is 11.5 Å². The molecule has 0 unspecified atom stereocenters. The second-order valence-electron chi connectivity index (χ2n) is 4.81. The van der Waals surface area contributed by atoms with Gasteiger partial charge in [-0.2, -0.15) is 5.26 Å². The topological polar surface area (TPSA) is 65.9 Å². The van der Waals surface area contributed by atoms with Gasteiger partial charge in [0, 0.05) is 25.0 Å². The molecule has 0 radical (unpaired) electrons. The van der Waals surface area contributed by atoms with Crippen molar-refractivity contribution in [1.82, 2.24) is 4.98 Å². The van der Waals surface area contributed by atoms with Crippen LogP contribution < -0.4 is 10.6 Å². The number of rotatable bonds is 1. The molecule has 100 valence electrons. The first-order valence-electron chi connectivity index (χ1n) is 6.36. The quantitative estimate of drug-likeness (QED) is 0.818. The molecule has 1 aromatic carbocycles. The van der Waals surface area contributed by atoms with E-state index in [1.54, 1.807) is 12.3 Å². The molecule has 2 heterocycles. The number of benzene rings is 1. The van der Waals surface area contributed by atoms with Crippen molar-refractivity contribution in [2.24, 2.45) is 0 Å². The van der Waals surface area contributed by atoms with E-state index < -0.39 is 0 Å². The van der Waals surface area contributed by atoms with Crippen LogP contribution in [0.5, 0.6) is 0 Å². The predicted octanol–water partition coefficient (Wildman–Crippen LogP) is 2.75. The van der Waals surface area contributed by atoms with Crippen LogP contribution in [0.3, 0.4) is 0 Å². The zero-order chi connectivity index (χ0) is 14.1. The Morgan fingerprint density at radius 1 is 1.30 bits per heavy atom. The van der Waals surface area contributed by atoms with Gasteiger partial charge in [-0.25, -0.2) is 4.98 Å². The van der Waals surface area contributed by atoms with Gasteiger partial charge in [0.1, 0.15) is 16.9 Å². The Bertz CT molecular complexity index is 706. The molecule has 0 fully saturated rings. The van der Waals surface area contributed by atoms with Gasteiger partial charge in [-0.15, -0.1) is 0 Å². The normalized spacial score (nSPS) is 13.7. The molecule has 20 heavy (non-hydrogen) atoms. The van der Waals surface area contributed by atoms with Crippen molar-refractivity contribution >= 4 is 23.1 Å². The van der Waals surface area contributed by atoms with Crippen LogP contribution in [0.2, 0.25) is 5.02 Å². The van der Waals surface area contributed by atoms with Crippen molar-refractivity contribution < 1.29 is 0 Å². The van der Waals surface area contributed by atoms with Gasteiger partial charge in [-0.05, 0) is 35.7 Å². The lowest BCUT2D eigenvalue weighted by atomic mass is 9.99. The van der Waals surface area contributed by atoms with Crippen molar-refractivity contribution in [3.05, 3.63) is 52.2 Å². The van der Waals surface area contributed by atoms with Crippen molar-refractivity contribution in [2.75, 3.05) is 17.2 Å². The largest absolute Gasteiger partial charge is 0.399 e. The highest BCUT2D eigenvalue weighted by Crippen LogP contribution is 2.31. The lowest BCUT2D eigenvalue weighted by Gasteiger charge is -2.30. The summed E-state index contributed by atoms with van der Waals surface area (Å²) < 4.78 is 0. The van der Waals surface area contributed by atoms with Crippen LogP contribution >= 0.6 is 11.6 Å². The minimum Gasteiger partial charge on any atom is -0.399 e. The Hall–Kier alpha value is -2.25. The molecular formula is C15H13ClN4. The number of nitriles is 1. The number of pyridine rings is 1. The van der Waals surface area contributed by atoms with Crippen molar-refractivity contribution in [3.63, 3.8) is 0 Å². The van der Waals surface area contributed by atoms with E-state index in [0.717, 1.165) is 18.7 Å². The summed E-state index contributed by atoms with van der Waals surface area (Å²) in [6.07, 6.45) is 2.54. The molecule has 2 aromatic rings. The second kappa shape index (κ2) is 5.03. The number of halogens is 1. The summed E-state index contributed by atoms with van der Waals surface area (Å²) in [4.78, 5) is 6.41. The van der Waals surface area contributed by atoms with Crippen LogP contribution in [0, 0.1) is 11.3 Å². The first-order chi connectivity index (χ1) is 9.69. The number of hydrogen-bond donors (Lipinski definition) is 1. The van der Waals surface area contributed by atoms with Gasteiger partial charge < -0.3 is 10.6 Å². The molecule has 0 bridgehead atoms. The summed E-state index contributed by atoms with van der Waals surface area (Å²) >= 11 is 6.25. The minimum absolute atomic E-state index is 0.419. The van der Waals surface area contributed by atoms with E-state index in [2.05, 4.69) is 22.0 Å². The van der Waals surface area contributed by atoms with E-state index >= 15 is 0 Å². The smallest absolute Gasteiger partial charge is 0.149 e. The third-order valence-corrected chi connectivity index (χ3v) is 3.91. The van der Waals surface area contributed by atoms with Gasteiger partial charge in [0.25, 0.3) is 0 Å². The maximum atomic E-state index is 9.04. The van der Waals surface area contributed by atoms with Crippen molar-refractivity contribution in [3.8, 4) is 6.07 Å². The van der Waals surface area contributed by atoms with Gasteiger partial charge >= 0.3 is 0 Å². The molecular weight excluding hydrogens is 272 g/mol. The fraction of sp³-hybridized carbons (Fsp3) is 0.200. The number of anilines is 2. The average molecular weight is 285 g/mol. The number of nitrogens with two attached hydrogens (primary N) is 1. The van der Waals surface area contributed by atoms with Gasteiger partial charge in [-0.1, -0.05) is 17.7 Å². The van der Waals surface area contributed by atoms with E-state index in [4.69, 9.17) is 22.6 Å². The van der Waals surface area contributed by atoms with Crippen molar-refractivity contribution in [1.29, 1.82) is 5.26 Å². The minimum atomic E-state index is 0.419. The summed E-state index contributed by atoms with van der Waals surface area (Å²) in [7, 11) is 0. The summed E-state index contributed by atoms with van der Waals surface area (Å²) in [5.41, 5.74) is 9.55. The van der Waals surface area contributed by atoms with Gasteiger partial charge in [0.2, 0.25) is 0 Å². The average Bonchev–Trinajstić information content (AvgIpc) is 2.46. The Morgan fingerprint density at radius 2 is 2.15 bits per heavy atom. The summed E-state index contributed by atoms with van der Waals surface area (Å²) in [5.74, 6) is 0.666. The highest BCUT2D eigenvalue weighted by molar-refractivity contribution is 6.34. The molecule has 0 atom stereocenters. The number of nitrogens with zero attached hydrogens (tertiary/aromatic N) is 3. The zero-order valence-corrected chi connectivity index (χ0v) is 11.6. The molecule has 4 nitrogen and oxygen atoms in total. The molecule has 1 aliphatic heterocycles. The predicted molar refractivity (Wildman–Crippen MR) is 79.6 cm³/mol. The Balaban J connectivity index is 1.96. The van der Waals surface area contributed by atoms with E-state index in [0.29, 0.717) is 22.9 Å². The number of fused-ring (bicyclic) bond motifs is 1. The molecule has 0 aliphatic carbocycles. The summed E-state index contributed by atoms with van der Waals surface area (Å²) in [6, 6.07) is 9.70. The lowest BCUT2D eigenvalue weighted by molar-refractivity contribution is 0.721. The standard InChI is InChI=1S/C15H13ClN4/c16-14-11(8-17)3-5-19-15(14)20-6-4-10-1-2-13(18)7-12(10)9-20/h1-3,5,7H,4,6,9,18H2. The maximum Gasteiger partial charge on any atom is 0.149 e. The molecule has 0 saturated carbocycles. The van der Waals surface area contributed by atoms with E-state index in [9.17, 15) is 0 Å².